The Balaban J connectivity index is 1.97. The Morgan fingerprint density at radius 2 is 2.06 bits per heavy atom. The minimum atomic E-state index is -0.0756. The summed E-state index contributed by atoms with van der Waals surface area (Å²) in [6.45, 7) is 8.34. The lowest BCUT2D eigenvalue weighted by molar-refractivity contribution is -0.143. The number of carbonyl (C=O) groups is 1. The van der Waals surface area contributed by atoms with E-state index in [0.29, 0.717) is 5.91 Å². The van der Waals surface area contributed by atoms with Gasteiger partial charge in [-0.3, -0.25) is 4.79 Å². The predicted molar refractivity (Wildman–Crippen MR) is 74.4 cm³/mol. The molecule has 0 aromatic carbocycles. The third-order valence-electron chi connectivity index (χ3n) is 4.91. The van der Waals surface area contributed by atoms with Crippen LogP contribution in [0.15, 0.2) is 0 Å². The van der Waals surface area contributed by atoms with Crippen LogP contribution in [0.5, 0.6) is 0 Å². The first-order valence-electron chi connectivity index (χ1n) is 7.72. The molecular weight excluding hydrogens is 224 g/mol. The summed E-state index contributed by atoms with van der Waals surface area (Å²) >= 11 is 0. The molecule has 3 nitrogen and oxygen atoms in total. The first-order chi connectivity index (χ1) is 8.72. The Kier molecular flexibility index (Phi) is 4.66. The molecule has 0 aliphatic carbocycles. The van der Waals surface area contributed by atoms with Crippen LogP contribution in [0.3, 0.4) is 0 Å². The van der Waals surface area contributed by atoms with E-state index >= 15 is 0 Å². The van der Waals surface area contributed by atoms with Gasteiger partial charge in [0.05, 0.1) is 5.41 Å². The SMILES string of the molecule is CCCC1(C(=O)N2CCC(CC)CC2)CCNC1. The fraction of sp³-hybridized carbons (Fsp3) is 0.933. The van der Waals surface area contributed by atoms with Gasteiger partial charge >= 0.3 is 0 Å². The molecule has 0 saturated carbocycles. The molecule has 18 heavy (non-hydrogen) atoms. The summed E-state index contributed by atoms with van der Waals surface area (Å²) in [6, 6.07) is 0. The number of likely N-dealkylation sites (tertiary alicyclic amines) is 1. The highest BCUT2D eigenvalue weighted by molar-refractivity contribution is 5.83. The Bertz CT molecular complexity index is 276. The molecule has 0 radical (unpaired) electrons. The Hall–Kier alpha value is -0.570. The Labute approximate surface area is 111 Å². The van der Waals surface area contributed by atoms with Gasteiger partial charge in [0.15, 0.2) is 0 Å². The van der Waals surface area contributed by atoms with Gasteiger partial charge in [-0.05, 0) is 38.1 Å². The van der Waals surface area contributed by atoms with Gasteiger partial charge in [-0.2, -0.15) is 0 Å². The van der Waals surface area contributed by atoms with Crippen molar-refractivity contribution >= 4 is 5.91 Å². The van der Waals surface area contributed by atoms with Gasteiger partial charge in [-0.15, -0.1) is 0 Å². The molecule has 0 bridgehead atoms. The van der Waals surface area contributed by atoms with Crippen LogP contribution in [0.25, 0.3) is 0 Å². The fourth-order valence-corrected chi connectivity index (χ4v) is 3.60. The van der Waals surface area contributed by atoms with E-state index in [2.05, 4.69) is 24.1 Å². The minimum absolute atomic E-state index is 0.0756. The molecule has 1 unspecified atom stereocenters. The summed E-state index contributed by atoms with van der Waals surface area (Å²) in [7, 11) is 0. The maximum absolute atomic E-state index is 12.8. The van der Waals surface area contributed by atoms with Gasteiger partial charge in [0, 0.05) is 19.6 Å². The Morgan fingerprint density at radius 3 is 2.56 bits per heavy atom. The molecular formula is C15H28N2O. The fourth-order valence-electron chi connectivity index (χ4n) is 3.60. The van der Waals surface area contributed by atoms with Crippen LogP contribution in [0, 0.1) is 11.3 Å². The van der Waals surface area contributed by atoms with Crippen molar-refractivity contribution in [2.24, 2.45) is 11.3 Å². The first kappa shape index (κ1) is 13.9. The average Bonchev–Trinajstić information content (AvgIpc) is 2.88. The maximum atomic E-state index is 12.8. The van der Waals surface area contributed by atoms with Crippen LogP contribution in [0.4, 0.5) is 0 Å². The molecule has 2 heterocycles. The summed E-state index contributed by atoms with van der Waals surface area (Å²) in [5, 5.41) is 3.39. The molecule has 2 aliphatic rings. The lowest BCUT2D eigenvalue weighted by Crippen LogP contribution is -2.48. The second kappa shape index (κ2) is 6.05. The number of piperidine rings is 1. The highest BCUT2D eigenvalue weighted by Gasteiger charge is 2.43. The van der Waals surface area contributed by atoms with Crippen LogP contribution < -0.4 is 5.32 Å². The molecule has 1 atom stereocenters. The number of carbonyl (C=O) groups excluding carboxylic acids is 1. The smallest absolute Gasteiger partial charge is 0.230 e. The second-order valence-corrected chi connectivity index (χ2v) is 6.10. The van der Waals surface area contributed by atoms with E-state index in [1.165, 1.54) is 19.3 Å². The van der Waals surface area contributed by atoms with Gasteiger partial charge in [-0.25, -0.2) is 0 Å². The highest BCUT2D eigenvalue weighted by Crippen LogP contribution is 2.34. The molecule has 2 aliphatic heterocycles. The van der Waals surface area contributed by atoms with Crippen LogP contribution >= 0.6 is 0 Å². The first-order valence-corrected chi connectivity index (χ1v) is 7.72. The number of hydrogen-bond donors (Lipinski definition) is 1. The quantitative estimate of drug-likeness (QED) is 0.833. The van der Waals surface area contributed by atoms with Crippen molar-refractivity contribution in [1.29, 1.82) is 0 Å². The molecule has 104 valence electrons. The molecule has 1 N–H and O–H groups in total. The Morgan fingerprint density at radius 1 is 1.33 bits per heavy atom. The van der Waals surface area contributed by atoms with E-state index in [4.69, 9.17) is 0 Å². The highest BCUT2D eigenvalue weighted by atomic mass is 16.2. The molecule has 2 fully saturated rings. The summed E-state index contributed by atoms with van der Waals surface area (Å²) in [5.41, 5.74) is -0.0756. The monoisotopic (exact) mass is 252 g/mol. The maximum Gasteiger partial charge on any atom is 0.230 e. The van der Waals surface area contributed by atoms with Crippen LogP contribution in [-0.4, -0.2) is 37.0 Å². The van der Waals surface area contributed by atoms with Crippen molar-refractivity contribution < 1.29 is 4.79 Å². The normalized spacial score (nSPS) is 29.8. The number of hydrogen-bond acceptors (Lipinski definition) is 2. The van der Waals surface area contributed by atoms with E-state index in [9.17, 15) is 4.79 Å². The molecule has 0 aromatic heterocycles. The largest absolute Gasteiger partial charge is 0.342 e. The minimum Gasteiger partial charge on any atom is -0.342 e. The number of nitrogens with zero attached hydrogens (tertiary/aromatic N) is 1. The van der Waals surface area contributed by atoms with E-state index < -0.39 is 0 Å². The van der Waals surface area contributed by atoms with Crippen molar-refractivity contribution in [2.75, 3.05) is 26.2 Å². The van der Waals surface area contributed by atoms with Crippen LogP contribution in [0.1, 0.15) is 52.4 Å². The van der Waals surface area contributed by atoms with Crippen LogP contribution in [0.2, 0.25) is 0 Å². The topological polar surface area (TPSA) is 32.3 Å². The third kappa shape index (κ3) is 2.71. The zero-order valence-corrected chi connectivity index (χ0v) is 12.0. The van der Waals surface area contributed by atoms with E-state index in [0.717, 1.165) is 51.4 Å². The van der Waals surface area contributed by atoms with E-state index in [1.54, 1.807) is 0 Å². The average molecular weight is 252 g/mol. The molecule has 1 amide bonds. The zero-order valence-electron chi connectivity index (χ0n) is 12.0. The van der Waals surface area contributed by atoms with Crippen molar-refractivity contribution in [1.82, 2.24) is 10.2 Å². The number of nitrogens with one attached hydrogen (secondary N) is 1. The number of amides is 1. The summed E-state index contributed by atoms with van der Waals surface area (Å²) in [6.07, 6.45) is 6.87. The summed E-state index contributed by atoms with van der Waals surface area (Å²) < 4.78 is 0. The molecule has 2 saturated heterocycles. The third-order valence-corrected chi connectivity index (χ3v) is 4.91. The lowest BCUT2D eigenvalue weighted by Gasteiger charge is -2.38. The van der Waals surface area contributed by atoms with Crippen molar-refractivity contribution in [3.05, 3.63) is 0 Å². The van der Waals surface area contributed by atoms with Crippen LogP contribution in [-0.2, 0) is 4.79 Å². The molecule has 0 aromatic rings. The van der Waals surface area contributed by atoms with Crippen molar-refractivity contribution in [2.45, 2.75) is 52.4 Å². The van der Waals surface area contributed by atoms with Gasteiger partial charge in [0.1, 0.15) is 0 Å². The molecule has 2 rings (SSSR count). The lowest BCUT2D eigenvalue weighted by atomic mass is 9.80. The molecule has 0 spiro atoms. The number of rotatable bonds is 4. The van der Waals surface area contributed by atoms with Gasteiger partial charge in [0.2, 0.25) is 5.91 Å². The van der Waals surface area contributed by atoms with Crippen molar-refractivity contribution in [3.8, 4) is 0 Å². The van der Waals surface area contributed by atoms with Gasteiger partial charge < -0.3 is 10.2 Å². The van der Waals surface area contributed by atoms with E-state index in [1.807, 2.05) is 0 Å². The van der Waals surface area contributed by atoms with E-state index in [-0.39, 0.29) is 5.41 Å². The molecule has 3 heteroatoms. The summed E-state index contributed by atoms with van der Waals surface area (Å²) in [4.78, 5) is 14.9. The van der Waals surface area contributed by atoms with Gasteiger partial charge in [-0.1, -0.05) is 26.7 Å². The second-order valence-electron chi connectivity index (χ2n) is 6.10. The van der Waals surface area contributed by atoms with Gasteiger partial charge in [0.25, 0.3) is 0 Å². The predicted octanol–water partition coefficient (Wildman–Crippen LogP) is 2.41. The zero-order chi connectivity index (χ0) is 13.0. The standard InChI is InChI=1S/C15H28N2O/c1-3-7-15(8-9-16-12-15)14(18)17-10-5-13(4-2)6-11-17/h13,16H,3-12H2,1-2H3. The summed E-state index contributed by atoms with van der Waals surface area (Å²) in [5.74, 6) is 1.28. The van der Waals surface area contributed by atoms with Crippen molar-refractivity contribution in [3.63, 3.8) is 0 Å².